The van der Waals surface area contributed by atoms with Gasteiger partial charge in [-0.1, -0.05) is 12.1 Å². The number of benzene rings is 2. The van der Waals surface area contributed by atoms with Gasteiger partial charge in [0.2, 0.25) is 0 Å². The second-order valence-electron chi connectivity index (χ2n) is 4.83. The lowest BCUT2D eigenvalue weighted by atomic mass is 10.1. The molecular weight excluding hydrogens is 252 g/mol. The topological polar surface area (TPSA) is 60.4 Å². The quantitative estimate of drug-likeness (QED) is 0.718. The van der Waals surface area contributed by atoms with Crippen molar-refractivity contribution in [2.45, 2.75) is 6.61 Å². The molecule has 0 bridgehead atoms. The highest BCUT2D eigenvalue weighted by molar-refractivity contribution is 5.86. The van der Waals surface area contributed by atoms with E-state index in [0.717, 1.165) is 22.2 Å². The van der Waals surface area contributed by atoms with Gasteiger partial charge in [0.05, 0.1) is 5.52 Å². The van der Waals surface area contributed by atoms with Crippen LogP contribution in [0.15, 0.2) is 48.7 Å². The van der Waals surface area contributed by atoms with Crippen molar-refractivity contribution in [1.29, 1.82) is 0 Å². The predicted molar refractivity (Wildman–Crippen MR) is 79.8 cm³/mol. The van der Waals surface area contributed by atoms with Gasteiger partial charge in [0.1, 0.15) is 18.1 Å². The van der Waals surface area contributed by atoms with E-state index in [1.165, 1.54) is 0 Å². The van der Waals surface area contributed by atoms with Gasteiger partial charge in [0, 0.05) is 35.9 Å². The van der Waals surface area contributed by atoms with Gasteiger partial charge in [0.15, 0.2) is 0 Å². The van der Waals surface area contributed by atoms with Gasteiger partial charge < -0.3 is 20.1 Å². The molecule has 0 radical (unpaired) electrons. The van der Waals surface area contributed by atoms with E-state index in [1.807, 2.05) is 42.1 Å². The second kappa shape index (κ2) is 4.81. The van der Waals surface area contributed by atoms with Gasteiger partial charge in [-0.05, 0) is 24.3 Å². The van der Waals surface area contributed by atoms with E-state index in [0.29, 0.717) is 12.4 Å². The summed E-state index contributed by atoms with van der Waals surface area (Å²) in [5.41, 5.74) is 8.73. The van der Waals surface area contributed by atoms with Crippen LogP contribution in [0.5, 0.6) is 11.5 Å². The Bertz CT molecular complexity index is 762. The average molecular weight is 268 g/mol. The molecule has 102 valence electrons. The Labute approximate surface area is 117 Å². The maximum Gasteiger partial charge on any atom is 0.123 e. The number of phenols is 1. The molecule has 0 fully saturated rings. The molecule has 0 aliphatic carbocycles. The number of nitrogens with zero attached hydrogens (tertiary/aromatic N) is 1. The number of phenolic OH excluding ortho intramolecular Hbond substituents is 1. The first-order valence-electron chi connectivity index (χ1n) is 6.39. The van der Waals surface area contributed by atoms with Crippen LogP contribution < -0.4 is 10.5 Å². The molecule has 3 N–H and O–H groups in total. The molecule has 0 amide bonds. The van der Waals surface area contributed by atoms with Gasteiger partial charge >= 0.3 is 0 Å². The van der Waals surface area contributed by atoms with Crippen molar-refractivity contribution in [2.24, 2.45) is 7.05 Å². The van der Waals surface area contributed by atoms with Crippen LogP contribution in [0.4, 0.5) is 5.69 Å². The molecule has 4 heteroatoms. The van der Waals surface area contributed by atoms with Crippen molar-refractivity contribution in [3.8, 4) is 11.5 Å². The monoisotopic (exact) mass is 268 g/mol. The van der Waals surface area contributed by atoms with E-state index >= 15 is 0 Å². The first kappa shape index (κ1) is 12.4. The largest absolute Gasteiger partial charge is 0.508 e. The Kier molecular flexibility index (Phi) is 2.99. The van der Waals surface area contributed by atoms with Crippen LogP contribution >= 0.6 is 0 Å². The summed E-state index contributed by atoms with van der Waals surface area (Å²) in [5, 5.41) is 10.5. The molecule has 2 aromatic carbocycles. The predicted octanol–water partition coefficient (Wildman–Crippen LogP) is 3.05. The fourth-order valence-electron chi connectivity index (χ4n) is 2.33. The number of aromatic hydroxyl groups is 1. The van der Waals surface area contributed by atoms with Crippen LogP contribution in [0.2, 0.25) is 0 Å². The lowest BCUT2D eigenvalue weighted by Crippen LogP contribution is -1.94. The van der Waals surface area contributed by atoms with Crippen LogP contribution in [0.1, 0.15) is 5.56 Å². The molecule has 0 unspecified atom stereocenters. The molecule has 1 aromatic heterocycles. The molecule has 3 aromatic rings. The molecule has 0 aliphatic heterocycles. The number of aromatic nitrogens is 1. The minimum absolute atomic E-state index is 0.202. The Morgan fingerprint density at radius 2 is 2.05 bits per heavy atom. The van der Waals surface area contributed by atoms with E-state index in [1.54, 1.807) is 18.2 Å². The van der Waals surface area contributed by atoms with Gasteiger partial charge in [-0.15, -0.1) is 0 Å². The van der Waals surface area contributed by atoms with Gasteiger partial charge in [0.25, 0.3) is 0 Å². The number of hydrogen-bond acceptors (Lipinski definition) is 3. The molecule has 20 heavy (non-hydrogen) atoms. The molecule has 0 spiro atoms. The Morgan fingerprint density at radius 1 is 1.20 bits per heavy atom. The molecule has 0 saturated heterocycles. The SMILES string of the molecule is Cn1cc(COc2cccc(O)c2)c2ccc(N)cc21. The normalized spacial score (nSPS) is 10.8. The average Bonchev–Trinajstić information content (AvgIpc) is 2.73. The maximum atomic E-state index is 9.42. The van der Waals surface area contributed by atoms with Crippen LogP contribution in [0, 0.1) is 0 Å². The van der Waals surface area contributed by atoms with Crippen molar-refractivity contribution in [1.82, 2.24) is 4.57 Å². The highest BCUT2D eigenvalue weighted by atomic mass is 16.5. The zero-order chi connectivity index (χ0) is 14.1. The van der Waals surface area contributed by atoms with Crippen molar-refractivity contribution in [3.05, 3.63) is 54.2 Å². The molecular formula is C16H16N2O2. The lowest BCUT2D eigenvalue weighted by Gasteiger charge is -2.05. The summed E-state index contributed by atoms with van der Waals surface area (Å²) in [6, 6.07) is 12.6. The summed E-state index contributed by atoms with van der Waals surface area (Å²) in [4.78, 5) is 0. The van der Waals surface area contributed by atoms with Crippen molar-refractivity contribution < 1.29 is 9.84 Å². The number of anilines is 1. The third kappa shape index (κ3) is 2.28. The minimum atomic E-state index is 0.202. The lowest BCUT2D eigenvalue weighted by molar-refractivity contribution is 0.305. The summed E-state index contributed by atoms with van der Waals surface area (Å²) >= 11 is 0. The second-order valence-corrected chi connectivity index (χ2v) is 4.83. The Hall–Kier alpha value is -2.62. The molecule has 0 aliphatic rings. The van der Waals surface area contributed by atoms with Crippen molar-refractivity contribution in [2.75, 3.05) is 5.73 Å². The first-order valence-corrected chi connectivity index (χ1v) is 6.39. The van der Waals surface area contributed by atoms with Crippen LogP contribution in [0.3, 0.4) is 0 Å². The Morgan fingerprint density at radius 3 is 2.85 bits per heavy atom. The summed E-state index contributed by atoms with van der Waals surface area (Å²) in [6.07, 6.45) is 2.03. The molecule has 1 heterocycles. The zero-order valence-corrected chi connectivity index (χ0v) is 11.2. The zero-order valence-electron chi connectivity index (χ0n) is 11.2. The number of nitrogens with two attached hydrogens (primary N) is 1. The summed E-state index contributed by atoms with van der Waals surface area (Å²) in [7, 11) is 1.99. The molecule has 0 atom stereocenters. The number of ether oxygens (including phenoxy) is 1. The van der Waals surface area contributed by atoms with E-state index in [4.69, 9.17) is 10.5 Å². The fraction of sp³-hybridized carbons (Fsp3) is 0.125. The number of fused-ring (bicyclic) bond motifs is 1. The van der Waals surface area contributed by atoms with E-state index < -0.39 is 0 Å². The highest BCUT2D eigenvalue weighted by Gasteiger charge is 2.07. The highest BCUT2D eigenvalue weighted by Crippen LogP contribution is 2.25. The van der Waals surface area contributed by atoms with Gasteiger partial charge in [-0.3, -0.25) is 0 Å². The molecule has 3 rings (SSSR count). The van der Waals surface area contributed by atoms with E-state index in [2.05, 4.69) is 0 Å². The summed E-state index contributed by atoms with van der Waals surface area (Å²) < 4.78 is 7.75. The maximum absolute atomic E-state index is 9.42. The number of hydrogen-bond donors (Lipinski definition) is 2. The van der Waals surface area contributed by atoms with Crippen molar-refractivity contribution in [3.63, 3.8) is 0 Å². The van der Waals surface area contributed by atoms with Crippen LogP contribution in [0.25, 0.3) is 10.9 Å². The van der Waals surface area contributed by atoms with Crippen LogP contribution in [-0.2, 0) is 13.7 Å². The van der Waals surface area contributed by atoms with Crippen molar-refractivity contribution >= 4 is 16.6 Å². The minimum Gasteiger partial charge on any atom is -0.508 e. The van der Waals surface area contributed by atoms with E-state index in [9.17, 15) is 5.11 Å². The first-order chi connectivity index (χ1) is 9.63. The fourth-order valence-corrected chi connectivity index (χ4v) is 2.33. The Balaban J connectivity index is 1.88. The number of nitrogen functional groups attached to an aromatic ring is 1. The molecule has 0 saturated carbocycles. The van der Waals surface area contributed by atoms with Gasteiger partial charge in [-0.2, -0.15) is 0 Å². The summed E-state index contributed by atoms with van der Waals surface area (Å²) in [6.45, 7) is 0.449. The standard InChI is InChI=1S/C16H16N2O2/c1-18-9-11(15-6-5-12(17)7-16(15)18)10-20-14-4-2-3-13(19)8-14/h2-9,19H,10,17H2,1H3. The third-order valence-electron chi connectivity index (χ3n) is 3.31. The smallest absolute Gasteiger partial charge is 0.123 e. The summed E-state index contributed by atoms with van der Waals surface area (Å²) in [5.74, 6) is 0.852. The van der Waals surface area contributed by atoms with Crippen LogP contribution in [-0.4, -0.2) is 9.67 Å². The number of rotatable bonds is 3. The molecule has 4 nitrogen and oxygen atoms in total. The van der Waals surface area contributed by atoms with E-state index in [-0.39, 0.29) is 5.75 Å². The number of aryl methyl sites for hydroxylation is 1. The van der Waals surface area contributed by atoms with Gasteiger partial charge in [-0.25, -0.2) is 0 Å². The third-order valence-corrected chi connectivity index (χ3v) is 3.31.